The summed E-state index contributed by atoms with van der Waals surface area (Å²) < 4.78 is 6.48. The van der Waals surface area contributed by atoms with E-state index in [0.29, 0.717) is 0 Å². The van der Waals surface area contributed by atoms with Gasteiger partial charge >= 0.3 is 0 Å². The fraction of sp³-hybridized carbons (Fsp3) is 0.167. The zero-order valence-electron chi connectivity index (χ0n) is 9.46. The Morgan fingerprint density at radius 2 is 2.18 bits per heavy atom. The van der Waals surface area contributed by atoms with Gasteiger partial charge in [-0.2, -0.15) is 5.10 Å². The summed E-state index contributed by atoms with van der Waals surface area (Å²) in [5, 5.41) is 6.84. The van der Waals surface area contributed by atoms with Gasteiger partial charge < -0.3 is 10.1 Å². The molecule has 0 unspecified atom stereocenters. The third kappa shape index (κ3) is 2.92. The van der Waals surface area contributed by atoms with Gasteiger partial charge in [0.15, 0.2) is 0 Å². The van der Waals surface area contributed by atoms with Crippen LogP contribution in [0, 0.1) is 0 Å². The molecule has 5 heteroatoms. The lowest BCUT2D eigenvalue weighted by atomic mass is 10.3. The molecule has 2 aromatic rings. The van der Waals surface area contributed by atoms with Gasteiger partial charge in [-0.1, -0.05) is 0 Å². The minimum atomic E-state index is -0.167. The maximum absolute atomic E-state index is 11.3. The molecule has 0 aliphatic heterocycles. The van der Waals surface area contributed by atoms with Gasteiger partial charge in [0.25, 0.3) is 0 Å². The number of rotatable bonds is 4. The molecule has 0 spiro atoms. The van der Waals surface area contributed by atoms with Crippen LogP contribution in [0.15, 0.2) is 42.7 Å². The van der Waals surface area contributed by atoms with Crippen LogP contribution in [0.3, 0.4) is 0 Å². The Balaban J connectivity index is 2.06. The molecule has 0 aliphatic carbocycles. The quantitative estimate of drug-likeness (QED) is 0.866. The number of anilines is 1. The van der Waals surface area contributed by atoms with E-state index in [0.717, 1.165) is 11.4 Å². The zero-order chi connectivity index (χ0) is 12.1. The van der Waals surface area contributed by atoms with E-state index in [-0.39, 0.29) is 12.5 Å². The van der Waals surface area contributed by atoms with Gasteiger partial charge in [-0.05, 0) is 30.3 Å². The number of benzene rings is 1. The first-order valence-electron chi connectivity index (χ1n) is 5.18. The summed E-state index contributed by atoms with van der Waals surface area (Å²) in [6, 6.07) is 9.27. The van der Waals surface area contributed by atoms with Crippen molar-refractivity contribution in [1.82, 2.24) is 9.78 Å². The number of ether oxygens (including phenoxy) is 1. The Bertz CT molecular complexity index is 477. The monoisotopic (exact) mass is 231 g/mol. The molecular formula is C12H13N3O2. The van der Waals surface area contributed by atoms with Crippen LogP contribution >= 0.6 is 0 Å². The van der Waals surface area contributed by atoms with Crippen LogP contribution in [0.2, 0.25) is 0 Å². The van der Waals surface area contributed by atoms with Crippen LogP contribution in [-0.4, -0.2) is 29.4 Å². The zero-order valence-corrected chi connectivity index (χ0v) is 9.46. The van der Waals surface area contributed by atoms with Crippen molar-refractivity contribution in [3.63, 3.8) is 0 Å². The lowest BCUT2D eigenvalue weighted by Crippen LogP contribution is -2.16. The van der Waals surface area contributed by atoms with E-state index in [1.54, 1.807) is 10.9 Å². The van der Waals surface area contributed by atoms with Crippen molar-refractivity contribution in [3.05, 3.63) is 42.7 Å². The summed E-state index contributed by atoms with van der Waals surface area (Å²) in [7, 11) is 1.49. The Hall–Kier alpha value is -2.14. The first-order chi connectivity index (χ1) is 8.29. The SMILES string of the molecule is COCC(=O)Nc1ccc(-n2cccn2)cc1. The Labute approximate surface area is 99.0 Å². The Kier molecular flexibility index (Phi) is 3.52. The molecule has 0 aliphatic rings. The van der Waals surface area contributed by atoms with Crippen molar-refractivity contribution in [2.75, 3.05) is 19.0 Å². The minimum absolute atomic E-state index is 0.0565. The van der Waals surface area contributed by atoms with E-state index in [9.17, 15) is 4.79 Å². The number of aromatic nitrogens is 2. The number of nitrogens with zero attached hydrogens (tertiary/aromatic N) is 2. The van der Waals surface area contributed by atoms with Gasteiger partial charge in [0.2, 0.25) is 5.91 Å². The van der Waals surface area contributed by atoms with Crippen LogP contribution in [0.1, 0.15) is 0 Å². The number of hydrogen-bond donors (Lipinski definition) is 1. The summed E-state index contributed by atoms with van der Waals surface area (Å²) in [6.07, 6.45) is 3.58. The maximum atomic E-state index is 11.3. The predicted molar refractivity (Wildman–Crippen MR) is 64.1 cm³/mol. The minimum Gasteiger partial charge on any atom is -0.375 e. The molecule has 17 heavy (non-hydrogen) atoms. The molecule has 1 N–H and O–H groups in total. The fourth-order valence-electron chi connectivity index (χ4n) is 1.45. The molecule has 0 radical (unpaired) electrons. The van der Waals surface area contributed by atoms with Crippen LogP contribution in [-0.2, 0) is 9.53 Å². The Morgan fingerprint density at radius 3 is 2.76 bits per heavy atom. The summed E-state index contributed by atoms with van der Waals surface area (Å²) in [5.41, 5.74) is 1.68. The highest BCUT2D eigenvalue weighted by Gasteiger charge is 2.01. The average molecular weight is 231 g/mol. The lowest BCUT2D eigenvalue weighted by Gasteiger charge is -2.06. The molecule has 1 aromatic heterocycles. The molecule has 0 atom stereocenters. The lowest BCUT2D eigenvalue weighted by molar-refractivity contribution is -0.119. The third-order valence-corrected chi connectivity index (χ3v) is 2.20. The number of carbonyl (C=O) groups excluding carboxylic acids is 1. The molecule has 0 fully saturated rings. The van der Waals surface area contributed by atoms with Crippen LogP contribution in [0.5, 0.6) is 0 Å². The van der Waals surface area contributed by atoms with Gasteiger partial charge in [-0.15, -0.1) is 0 Å². The van der Waals surface area contributed by atoms with Gasteiger partial charge in [0.05, 0.1) is 5.69 Å². The van der Waals surface area contributed by atoms with Gasteiger partial charge in [0.1, 0.15) is 6.61 Å². The molecular weight excluding hydrogens is 218 g/mol. The first-order valence-corrected chi connectivity index (χ1v) is 5.18. The van der Waals surface area contributed by atoms with Crippen LogP contribution < -0.4 is 5.32 Å². The summed E-state index contributed by atoms with van der Waals surface area (Å²) in [5.74, 6) is -0.167. The maximum Gasteiger partial charge on any atom is 0.250 e. The van der Waals surface area contributed by atoms with E-state index in [2.05, 4.69) is 10.4 Å². The highest BCUT2D eigenvalue weighted by atomic mass is 16.5. The highest BCUT2D eigenvalue weighted by molar-refractivity contribution is 5.91. The second kappa shape index (κ2) is 5.27. The van der Waals surface area contributed by atoms with Crippen LogP contribution in [0.25, 0.3) is 5.69 Å². The standard InChI is InChI=1S/C12H13N3O2/c1-17-9-12(16)14-10-3-5-11(6-4-10)15-8-2-7-13-15/h2-8H,9H2,1H3,(H,14,16). The van der Waals surface area contributed by atoms with E-state index in [4.69, 9.17) is 4.74 Å². The normalized spacial score (nSPS) is 10.2. The van der Waals surface area contributed by atoms with Crippen LogP contribution in [0.4, 0.5) is 5.69 Å². The van der Waals surface area contributed by atoms with Gasteiger partial charge in [-0.25, -0.2) is 4.68 Å². The van der Waals surface area contributed by atoms with E-state index in [1.807, 2.05) is 36.5 Å². The fourth-order valence-corrected chi connectivity index (χ4v) is 1.45. The molecule has 88 valence electrons. The molecule has 0 bridgehead atoms. The molecule has 1 heterocycles. The number of nitrogens with one attached hydrogen (secondary N) is 1. The number of methoxy groups -OCH3 is 1. The number of carbonyl (C=O) groups is 1. The van der Waals surface area contributed by atoms with Crippen molar-refractivity contribution in [3.8, 4) is 5.69 Å². The largest absolute Gasteiger partial charge is 0.375 e. The summed E-state index contributed by atoms with van der Waals surface area (Å²) >= 11 is 0. The molecule has 2 rings (SSSR count). The summed E-state index contributed by atoms with van der Waals surface area (Å²) in [6.45, 7) is 0.0565. The molecule has 1 aromatic carbocycles. The molecule has 0 saturated carbocycles. The van der Waals surface area contributed by atoms with E-state index < -0.39 is 0 Å². The average Bonchev–Trinajstić information content (AvgIpc) is 2.84. The van der Waals surface area contributed by atoms with E-state index >= 15 is 0 Å². The first kappa shape index (κ1) is 11.3. The third-order valence-electron chi connectivity index (χ3n) is 2.20. The second-order valence-corrected chi connectivity index (χ2v) is 3.48. The molecule has 5 nitrogen and oxygen atoms in total. The van der Waals surface area contributed by atoms with Gasteiger partial charge in [0, 0.05) is 25.2 Å². The summed E-state index contributed by atoms with van der Waals surface area (Å²) in [4.78, 5) is 11.3. The smallest absolute Gasteiger partial charge is 0.250 e. The number of amides is 1. The molecule has 1 amide bonds. The second-order valence-electron chi connectivity index (χ2n) is 3.48. The van der Waals surface area contributed by atoms with Crippen molar-refractivity contribution in [2.45, 2.75) is 0 Å². The Morgan fingerprint density at radius 1 is 1.41 bits per heavy atom. The highest BCUT2D eigenvalue weighted by Crippen LogP contribution is 2.12. The van der Waals surface area contributed by atoms with Crippen molar-refractivity contribution in [2.24, 2.45) is 0 Å². The van der Waals surface area contributed by atoms with Crippen molar-refractivity contribution >= 4 is 11.6 Å². The van der Waals surface area contributed by atoms with Crippen molar-refractivity contribution in [1.29, 1.82) is 0 Å². The molecule has 0 saturated heterocycles. The van der Waals surface area contributed by atoms with E-state index in [1.165, 1.54) is 7.11 Å². The topological polar surface area (TPSA) is 56.1 Å². The van der Waals surface area contributed by atoms with Crippen molar-refractivity contribution < 1.29 is 9.53 Å². The predicted octanol–water partition coefficient (Wildman–Crippen LogP) is 1.46. The number of hydrogen-bond acceptors (Lipinski definition) is 3. The van der Waals surface area contributed by atoms with Gasteiger partial charge in [-0.3, -0.25) is 4.79 Å².